The Kier molecular flexibility index (Phi) is 4.05. The molecule has 0 unspecified atom stereocenters. The summed E-state index contributed by atoms with van der Waals surface area (Å²) in [5.74, 6) is 0.824. The monoisotopic (exact) mass is 337 g/mol. The van der Waals surface area contributed by atoms with Gasteiger partial charge in [-0.3, -0.25) is 10.1 Å². The van der Waals surface area contributed by atoms with Crippen molar-refractivity contribution in [3.8, 4) is 11.3 Å². The number of H-pyrrole nitrogens is 1. The molecule has 0 amide bonds. The fourth-order valence-electron chi connectivity index (χ4n) is 3.44. The first kappa shape index (κ1) is 15.6. The van der Waals surface area contributed by atoms with Crippen molar-refractivity contribution < 1.29 is 4.92 Å². The molecule has 4 rings (SSSR count). The summed E-state index contributed by atoms with van der Waals surface area (Å²) in [6.07, 6.45) is 7.66. The summed E-state index contributed by atoms with van der Waals surface area (Å²) in [7, 11) is 0. The minimum absolute atomic E-state index is 0.0720. The Hall–Kier alpha value is -2.96. The Bertz CT molecular complexity index is 915. The molecule has 2 heterocycles. The molecular formula is C18H19N5O2. The number of non-ortho nitro benzene ring substituents is 1. The van der Waals surface area contributed by atoms with Crippen LogP contribution < -0.4 is 5.32 Å². The highest BCUT2D eigenvalue weighted by Gasteiger charge is 2.17. The molecule has 0 aliphatic heterocycles. The summed E-state index contributed by atoms with van der Waals surface area (Å²) in [5, 5.41) is 15.4. The Morgan fingerprint density at radius 1 is 1.16 bits per heavy atom. The van der Waals surface area contributed by atoms with E-state index < -0.39 is 0 Å². The topological polar surface area (TPSA) is 96.7 Å². The zero-order chi connectivity index (χ0) is 17.2. The molecular weight excluding hydrogens is 318 g/mol. The van der Waals surface area contributed by atoms with Crippen molar-refractivity contribution in [1.82, 2.24) is 15.0 Å². The van der Waals surface area contributed by atoms with Gasteiger partial charge in [0.15, 0.2) is 0 Å². The summed E-state index contributed by atoms with van der Waals surface area (Å²) in [6.45, 7) is 0. The highest BCUT2D eigenvalue weighted by atomic mass is 16.6. The number of nitrogens with one attached hydrogen (secondary N) is 2. The number of anilines is 1. The van der Waals surface area contributed by atoms with Crippen LogP contribution in [0.25, 0.3) is 22.3 Å². The third-order valence-corrected chi connectivity index (χ3v) is 4.74. The first-order chi connectivity index (χ1) is 12.2. The second-order valence-corrected chi connectivity index (χ2v) is 6.45. The third kappa shape index (κ3) is 3.17. The predicted octanol–water partition coefficient (Wildman–Crippen LogP) is 4.28. The molecule has 1 aliphatic rings. The van der Waals surface area contributed by atoms with Crippen molar-refractivity contribution in [2.75, 3.05) is 5.32 Å². The average Bonchev–Trinajstić information content (AvgIpc) is 3.08. The second-order valence-electron chi connectivity index (χ2n) is 6.45. The molecule has 3 aromatic rings. The molecule has 0 saturated heterocycles. The van der Waals surface area contributed by atoms with Crippen LogP contribution in [0.4, 0.5) is 11.5 Å². The van der Waals surface area contributed by atoms with Crippen LogP contribution in [0.3, 0.4) is 0 Å². The quantitative estimate of drug-likeness (QED) is 0.547. The number of fused-ring (bicyclic) bond motifs is 1. The Labute approximate surface area is 144 Å². The van der Waals surface area contributed by atoms with E-state index in [0.717, 1.165) is 41.0 Å². The van der Waals surface area contributed by atoms with Gasteiger partial charge in [0.05, 0.1) is 10.3 Å². The Balaban J connectivity index is 1.69. The highest BCUT2D eigenvalue weighted by molar-refractivity contribution is 5.91. The number of nitro benzene ring substituents is 1. The molecule has 0 atom stereocenters. The minimum Gasteiger partial charge on any atom is -0.367 e. The molecule has 0 bridgehead atoms. The number of benzene rings is 1. The van der Waals surface area contributed by atoms with Crippen LogP contribution in [0.1, 0.15) is 32.1 Å². The van der Waals surface area contributed by atoms with E-state index in [2.05, 4.69) is 20.3 Å². The fraction of sp³-hybridized carbons (Fsp3) is 0.333. The summed E-state index contributed by atoms with van der Waals surface area (Å²) < 4.78 is 0. The van der Waals surface area contributed by atoms with Gasteiger partial charge in [-0.25, -0.2) is 9.97 Å². The number of nitro groups is 1. The number of aromatic amines is 1. The van der Waals surface area contributed by atoms with Gasteiger partial charge in [-0.05, 0) is 18.9 Å². The van der Waals surface area contributed by atoms with Crippen LogP contribution in [0, 0.1) is 10.1 Å². The van der Waals surface area contributed by atoms with Gasteiger partial charge in [-0.2, -0.15) is 0 Å². The minimum atomic E-state index is -0.387. The zero-order valence-electron chi connectivity index (χ0n) is 13.7. The van der Waals surface area contributed by atoms with E-state index in [1.165, 1.54) is 25.3 Å². The predicted molar refractivity (Wildman–Crippen MR) is 96.5 cm³/mol. The van der Waals surface area contributed by atoms with E-state index in [4.69, 9.17) is 0 Å². The van der Waals surface area contributed by atoms with Gasteiger partial charge in [0.25, 0.3) is 5.69 Å². The molecule has 25 heavy (non-hydrogen) atoms. The van der Waals surface area contributed by atoms with Gasteiger partial charge in [0.1, 0.15) is 17.8 Å². The lowest BCUT2D eigenvalue weighted by Crippen LogP contribution is -2.22. The fourth-order valence-corrected chi connectivity index (χ4v) is 3.44. The summed E-state index contributed by atoms with van der Waals surface area (Å²) in [6, 6.07) is 8.99. The van der Waals surface area contributed by atoms with Crippen molar-refractivity contribution in [2.24, 2.45) is 0 Å². The standard InChI is InChI=1S/C18H19N5O2/c24-23(25)14-8-4-5-12(9-14)16-10-15-17(19-11-20-18(15)22-16)21-13-6-2-1-3-7-13/h4-5,8-11,13H,1-3,6-7H2,(H2,19,20,21,22). The first-order valence-electron chi connectivity index (χ1n) is 8.56. The lowest BCUT2D eigenvalue weighted by Gasteiger charge is -2.23. The van der Waals surface area contributed by atoms with E-state index in [1.54, 1.807) is 18.5 Å². The first-order valence-corrected chi connectivity index (χ1v) is 8.56. The maximum Gasteiger partial charge on any atom is 0.270 e. The smallest absolute Gasteiger partial charge is 0.270 e. The Morgan fingerprint density at radius 2 is 2.00 bits per heavy atom. The lowest BCUT2D eigenvalue weighted by atomic mass is 9.95. The summed E-state index contributed by atoms with van der Waals surface area (Å²) in [4.78, 5) is 22.6. The van der Waals surface area contributed by atoms with Crippen LogP contribution >= 0.6 is 0 Å². The average molecular weight is 337 g/mol. The van der Waals surface area contributed by atoms with Gasteiger partial charge < -0.3 is 10.3 Å². The molecule has 128 valence electrons. The van der Waals surface area contributed by atoms with Crippen LogP contribution in [-0.2, 0) is 0 Å². The van der Waals surface area contributed by atoms with Gasteiger partial charge >= 0.3 is 0 Å². The molecule has 1 aromatic carbocycles. The highest BCUT2D eigenvalue weighted by Crippen LogP contribution is 2.30. The summed E-state index contributed by atoms with van der Waals surface area (Å²) in [5.41, 5.74) is 2.36. The molecule has 7 heteroatoms. The van der Waals surface area contributed by atoms with E-state index in [-0.39, 0.29) is 10.6 Å². The maximum atomic E-state index is 11.0. The molecule has 2 aromatic heterocycles. The van der Waals surface area contributed by atoms with E-state index in [9.17, 15) is 10.1 Å². The number of rotatable bonds is 4. The number of nitrogens with zero attached hydrogens (tertiary/aromatic N) is 3. The van der Waals surface area contributed by atoms with Crippen molar-refractivity contribution in [2.45, 2.75) is 38.1 Å². The van der Waals surface area contributed by atoms with E-state index in [1.807, 2.05) is 12.1 Å². The molecule has 0 spiro atoms. The van der Waals surface area contributed by atoms with Gasteiger partial charge in [0.2, 0.25) is 0 Å². The van der Waals surface area contributed by atoms with E-state index in [0.29, 0.717) is 6.04 Å². The maximum absolute atomic E-state index is 11.0. The molecule has 1 fully saturated rings. The van der Waals surface area contributed by atoms with Crippen LogP contribution in [0.5, 0.6) is 0 Å². The number of hydrogen-bond donors (Lipinski definition) is 2. The lowest BCUT2D eigenvalue weighted by molar-refractivity contribution is -0.384. The normalized spacial score (nSPS) is 15.4. The molecule has 2 N–H and O–H groups in total. The van der Waals surface area contributed by atoms with Crippen molar-refractivity contribution in [1.29, 1.82) is 0 Å². The molecule has 7 nitrogen and oxygen atoms in total. The SMILES string of the molecule is O=[N+]([O-])c1cccc(-c2cc3c(NC4CCCCC4)ncnc3[nH]2)c1. The molecule has 0 radical (unpaired) electrons. The molecule has 1 aliphatic carbocycles. The number of hydrogen-bond acceptors (Lipinski definition) is 5. The zero-order valence-corrected chi connectivity index (χ0v) is 13.7. The van der Waals surface area contributed by atoms with Crippen LogP contribution in [0.15, 0.2) is 36.7 Å². The van der Waals surface area contributed by atoms with Crippen LogP contribution in [-0.4, -0.2) is 25.9 Å². The van der Waals surface area contributed by atoms with Crippen molar-refractivity contribution in [3.63, 3.8) is 0 Å². The van der Waals surface area contributed by atoms with Crippen molar-refractivity contribution in [3.05, 3.63) is 46.8 Å². The van der Waals surface area contributed by atoms with Crippen molar-refractivity contribution >= 4 is 22.5 Å². The van der Waals surface area contributed by atoms with Crippen LogP contribution in [0.2, 0.25) is 0 Å². The van der Waals surface area contributed by atoms with E-state index >= 15 is 0 Å². The van der Waals surface area contributed by atoms with Gasteiger partial charge in [-0.1, -0.05) is 31.4 Å². The molecule has 1 saturated carbocycles. The Morgan fingerprint density at radius 3 is 2.80 bits per heavy atom. The summed E-state index contributed by atoms with van der Waals surface area (Å²) >= 11 is 0. The number of aromatic nitrogens is 3. The van der Waals surface area contributed by atoms with Gasteiger partial charge in [-0.15, -0.1) is 0 Å². The largest absolute Gasteiger partial charge is 0.367 e. The second kappa shape index (κ2) is 6.51. The van der Waals surface area contributed by atoms with Gasteiger partial charge in [0, 0.05) is 29.4 Å². The third-order valence-electron chi connectivity index (χ3n) is 4.74.